The predicted octanol–water partition coefficient (Wildman–Crippen LogP) is 1.52. The number of benzene rings is 1. The fraction of sp³-hybridized carbons (Fsp3) is 0.278. The Kier molecular flexibility index (Phi) is 6.53. The fourth-order valence-electron chi connectivity index (χ4n) is 2.80. The molecule has 1 fully saturated rings. The van der Waals surface area contributed by atoms with Gasteiger partial charge in [0.05, 0.1) is 24.3 Å². The molecular formula is C18H17FN6O5S2. The lowest BCUT2D eigenvalue weighted by Gasteiger charge is -2.10. The van der Waals surface area contributed by atoms with E-state index in [9.17, 15) is 17.6 Å². The van der Waals surface area contributed by atoms with Gasteiger partial charge in [-0.15, -0.1) is 0 Å². The number of sulfone groups is 1. The second kappa shape index (κ2) is 9.50. The van der Waals surface area contributed by atoms with Crippen molar-refractivity contribution in [3.63, 3.8) is 0 Å². The normalized spacial score (nSPS) is 16.8. The fourth-order valence-corrected chi connectivity index (χ4v) is 4.53. The molecule has 0 aliphatic carbocycles. The van der Waals surface area contributed by atoms with Gasteiger partial charge in [-0.3, -0.25) is 15.2 Å². The SMILES string of the molecule is O=C(Nc1ncc(F)s1)/C(=N/O[C@@H]1CCOC1)c1ccc(S(=O)(=O)Cc2nc[nH]n2)cc1. The molecule has 0 saturated carbocycles. The van der Waals surface area contributed by atoms with Crippen LogP contribution in [0.2, 0.25) is 0 Å². The number of H-pyrrole nitrogens is 1. The highest BCUT2D eigenvalue weighted by atomic mass is 32.2. The zero-order valence-electron chi connectivity index (χ0n) is 16.4. The summed E-state index contributed by atoms with van der Waals surface area (Å²) in [6.45, 7) is 0.867. The number of halogens is 1. The zero-order chi connectivity index (χ0) is 22.6. The third-order valence-corrected chi connectivity index (χ3v) is 6.69. The number of aromatic amines is 1. The lowest BCUT2D eigenvalue weighted by atomic mass is 10.1. The molecule has 14 heteroatoms. The molecule has 3 aromatic rings. The van der Waals surface area contributed by atoms with Crippen molar-refractivity contribution in [2.24, 2.45) is 5.16 Å². The van der Waals surface area contributed by atoms with Crippen LogP contribution in [-0.2, 0) is 30.0 Å². The molecule has 168 valence electrons. The molecule has 0 unspecified atom stereocenters. The van der Waals surface area contributed by atoms with E-state index < -0.39 is 20.9 Å². The zero-order valence-corrected chi connectivity index (χ0v) is 18.0. The first-order valence-corrected chi connectivity index (χ1v) is 11.8. The van der Waals surface area contributed by atoms with Crippen molar-refractivity contribution >= 4 is 37.9 Å². The average Bonchev–Trinajstić information content (AvgIpc) is 3.53. The number of carbonyl (C=O) groups is 1. The number of oxime groups is 1. The Morgan fingerprint density at radius 1 is 1.34 bits per heavy atom. The highest BCUT2D eigenvalue weighted by molar-refractivity contribution is 7.90. The molecule has 0 radical (unpaired) electrons. The van der Waals surface area contributed by atoms with Crippen LogP contribution in [0.1, 0.15) is 17.8 Å². The quantitative estimate of drug-likeness (QED) is 0.364. The minimum absolute atomic E-state index is 0.0258. The monoisotopic (exact) mass is 480 g/mol. The second-order valence-corrected chi connectivity index (χ2v) is 9.62. The summed E-state index contributed by atoms with van der Waals surface area (Å²) in [7, 11) is -3.70. The van der Waals surface area contributed by atoms with Gasteiger partial charge >= 0.3 is 0 Å². The van der Waals surface area contributed by atoms with Crippen LogP contribution in [-0.4, -0.2) is 59.5 Å². The Bertz CT molecular complexity index is 1200. The van der Waals surface area contributed by atoms with E-state index in [1.54, 1.807) is 0 Å². The number of ether oxygens (including phenoxy) is 1. The molecule has 1 atom stereocenters. The number of aromatic nitrogens is 4. The molecule has 4 rings (SSSR count). The van der Waals surface area contributed by atoms with Crippen molar-refractivity contribution in [2.75, 3.05) is 18.5 Å². The van der Waals surface area contributed by atoms with E-state index in [1.165, 1.54) is 30.6 Å². The van der Waals surface area contributed by atoms with Gasteiger partial charge in [-0.2, -0.15) is 9.49 Å². The number of nitrogens with zero attached hydrogens (tertiary/aromatic N) is 4. The Hall–Kier alpha value is -3.23. The van der Waals surface area contributed by atoms with Gasteiger partial charge < -0.3 is 9.57 Å². The van der Waals surface area contributed by atoms with Gasteiger partial charge in [0, 0.05) is 12.0 Å². The summed E-state index contributed by atoms with van der Waals surface area (Å²) in [6.07, 6.45) is 2.58. The Morgan fingerprint density at radius 2 is 2.16 bits per heavy atom. The molecule has 0 spiro atoms. The number of carbonyl (C=O) groups excluding carboxylic acids is 1. The van der Waals surface area contributed by atoms with E-state index in [1.807, 2.05) is 0 Å². The molecule has 2 aromatic heterocycles. The summed E-state index contributed by atoms with van der Waals surface area (Å²) in [5, 5.41) is 12.1. The maximum atomic E-state index is 13.2. The molecule has 1 amide bonds. The molecule has 0 bridgehead atoms. The minimum Gasteiger partial charge on any atom is -0.389 e. The molecule has 1 aliphatic rings. The van der Waals surface area contributed by atoms with E-state index in [-0.39, 0.29) is 33.4 Å². The van der Waals surface area contributed by atoms with Crippen molar-refractivity contribution in [3.8, 4) is 0 Å². The van der Waals surface area contributed by atoms with Gasteiger partial charge in [-0.1, -0.05) is 28.6 Å². The number of nitrogens with one attached hydrogen (secondary N) is 2. The van der Waals surface area contributed by atoms with Gasteiger partial charge in [0.25, 0.3) is 5.91 Å². The molecule has 32 heavy (non-hydrogen) atoms. The second-order valence-electron chi connectivity index (χ2n) is 6.65. The summed E-state index contributed by atoms with van der Waals surface area (Å²) in [6, 6.07) is 5.56. The number of rotatable bonds is 8. The van der Waals surface area contributed by atoms with E-state index >= 15 is 0 Å². The highest BCUT2D eigenvalue weighted by Gasteiger charge is 2.23. The number of amides is 1. The smallest absolute Gasteiger partial charge is 0.280 e. The standard InChI is InChI=1S/C18H17FN6O5S2/c19-14-7-20-18(31-14)23-17(26)16(25-30-12-5-6-29-8-12)11-1-3-13(4-2-11)32(27,28)9-15-21-10-22-24-15/h1-4,7,10,12H,5-6,8-9H2,(H,20,23,26)(H,21,22,24)/b25-16+/t12-/m1/s1. The molecule has 1 saturated heterocycles. The molecule has 1 aromatic carbocycles. The van der Waals surface area contributed by atoms with Crippen LogP contribution >= 0.6 is 11.3 Å². The minimum atomic E-state index is -3.70. The third kappa shape index (κ3) is 5.33. The van der Waals surface area contributed by atoms with E-state index in [2.05, 4.69) is 30.6 Å². The first-order chi connectivity index (χ1) is 15.4. The summed E-state index contributed by atoms with van der Waals surface area (Å²) >= 11 is 0.660. The van der Waals surface area contributed by atoms with Crippen LogP contribution in [0.5, 0.6) is 0 Å². The van der Waals surface area contributed by atoms with Crippen LogP contribution in [0.25, 0.3) is 0 Å². The van der Waals surface area contributed by atoms with Gasteiger partial charge in [0.1, 0.15) is 12.1 Å². The molecule has 11 nitrogen and oxygen atoms in total. The summed E-state index contributed by atoms with van der Waals surface area (Å²) in [5.74, 6) is -0.925. The lowest BCUT2D eigenvalue weighted by Crippen LogP contribution is -2.25. The third-order valence-electron chi connectivity index (χ3n) is 4.36. The predicted molar refractivity (Wildman–Crippen MR) is 111 cm³/mol. The molecule has 3 heterocycles. The van der Waals surface area contributed by atoms with Gasteiger partial charge in [0.15, 0.2) is 37.7 Å². The van der Waals surface area contributed by atoms with Gasteiger partial charge in [-0.25, -0.2) is 18.4 Å². The number of hydrogen-bond acceptors (Lipinski definition) is 10. The highest BCUT2D eigenvalue weighted by Crippen LogP contribution is 2.19. The topological polar surface area (TPSA) is 149 Å². The number of anilines is 1. The van der Waals surface area contributed by atoms with Crippen molar-refractivity contribution in [1.82, 2.24) is 20.2 Å². The Labute approximate surface area is 185 Å². The van der Waals surface area contributed by atoms with Gasteiger partial charge in [0.2, 0.25) is 0 Å². The lowest BCUT2D eigenvalue weighted by molar-refractivity contribution is -0.110. The molecule has 2 N–H and O–H groups in total. The van der Waals surface area contributed by atoms with Gasteiger partial charge in [-0.05, 0) is 12.1 Å². The number of thiazole rings is 1. The first kappa shape index (κ1) is 22.0. The maximum Gasteiger partial charge on any atom is 0.280 e. The Balaban J connectivity index is 1.56. The van der Waals surface area contributed by atoms with E-state index in [0.717, 1.165) is 6.20 Å². The first-order valence-electron chi connectivity index (χ1n) is 9.33. The van der Waals surface area contributed by atoms with Crippen LogP contribution in [0.4, 0.5) is 9.52 Å². The summed E-state index contributed by atoms with van der Waals surface area (Å²) in [4.78, 5) is 25.8. The molecule has 1 aliphatic heterocycles. The largest absolute Gasteiger partial charge is 0.389 e. The van der Waals surface area contributed by atoms with Crippen molar-refractivity contribution in [1.29, 1.82) is 0 Å². The van der Waals surface area contributed by atoms with Crippen molar-refractivity contribution < 1.29 is 27.2 Å². The summed E-state index contributed by atoms with van der Waals surface area (Å²) in [5.41, 5.74) is 0.181. The van der Waals surface area contributed by atoms with Crippen LogP contribution in [0.3, 0.4) is 0 Å². The van der Waals surface area contributed by atoms with Crippen molar-refractivity contribution in [2.45, 2.75) is 23.2 Å². The van der Waals surface area contributed by atoms with E-state index in [0.29, 0.717) is 36.5 Å². The maximum absolute atomic E-state index is 13.2. The van der Waals surface area contributed by atoms with Crippen molar-refractivity contribution in [3.05, 3.63) is 53.3 Å². The van der Waals surface area contributed by atoms with E-state index in [4.69, 9.17) is 9.57 Å². The number of hydrogen-bond donors (Lipinski definition) is 2. The van der Waals surface area contributed by atoms with Crippen LogP contribution in [0, 0.1) is 5.13 Å². The summed E-state index contributed by atoms with van der Waals surface area (Å²) < 4.78 is 43.6. The average molecular weight is 481 g/mol. The Morgan fingerprint density at radius 3 is 2.78 bits per heavy atom. The van der Waals surface area contributed by atoms with Crippen LogP contribution in [0.15, 0.2) is 46.8 Å². The molecular weight excluding hydrogens is 463 g/mol. The van der Waals surface area contributed by atoms with Crippen LogP contribution < -0.4 is 5.32 Å².